The Bertz CT molecular complexity index is 562. The van der Waals surface area contributed by atoms with Gasteiger partial charge in [0.2, 0.25) is 0 Å². The summed E-state index contributed by atoms with van der Waals surface area (Å²) >= 11 is 0. The molecule has 1 saturated carbocycles. The standard InChI is InChI=1S/C18H26N2O4/c1-18(2,3)24-17(23)19-14-9-15(10-14)20(12-16(21)22)11-13-7-5-4-6-8-13/h4-8,14-15H,9-12H2,1-3H3,(H,19,23)(H,21,22). The van der Waals surface area contributed by atoms with E-state index in [1.54, 1.807) is 0 Å². The number of ether oxygens (including phenoxy) is 1. The number of carbonyl (C=O) groups is 2. The van der Waals surface area contributed by atoms with Crippen molar-refractivity contribution in [3.63, 3.8) is 0 Å². The summed E-state index contributed by atoms with van der Waals surface area (Å²) in [5.41, 5.74) is 0.567. The number of rotatable bonds is 6. The molecule has 1 aliphatic rings. The number of carboxylic acid groups (broad SMARTS) is 1. The van der Waals surface area contributed by atoms with Crippen molar-refractivity contribution in [3.05, 3.63) is 35.9 Å². The van der Waals surface area contributed by atoms with E-state index in [4.69, 9.17) is 9.84 Å². The SMILES string of the molecule is CC(C)(C)OC(=O)NC1CC(N(CC(=O)O)Cc2ccccc2)C1. The van der Waals surface area contributed by atoms with Gasteiger partial charge in [-0.05, 0) is 39.2 Å². The quantitative estimate of drug-likeness (QED) is 0.836. The lowest BCUT2D eigenvalue weighted by Crippen LogP contribution is -2.55. The third-order valence-electron chi connectivity index (χ3n) is 3.92. The van der Waals surface area contributed by atoms with Crippen LogP contribution in [0, 0.1) is 0 Å². The van der Waals surface area contributed by atoms with Crippen LogP contribution in [-0.4, -0.2) is 46.3 Å². The van der Waals surface area contributed by atoms with Crippen LogP contribution in [0.3, 0.4) is 0 Å². The molecule has 132 valence electrons. The molecule has 0 heterocycles. The number of nitrogens with one attached hydrogen (secondary N) is 1. The van der Waals surface area contributed by atoms with Gasteiger partial charge in [0.25, 0.3) is 0 Å². The van der Waals surface area contributed by atoms with E-state index in [2.05, 4.69) is 5.32 Å². The molecule has 6 heteroatoms. The molecule has 0 radical (unpaired) electrons. The van der Waals surface area contributed by atoms with Crippen molar-refractivity contribution < 1.29 is 19.4 Å². The van der Waals surface area contributed by atoms with Gasteiger partial charge in [0.05, 0.1) is 6.54 Å². The topological polar surface area (TPSA) is 78.9 Å². The van der Waals surface area contributed by atoms with Crippen LogP contribution in [0.1, 0.15) is 39.2 Å². The molecule has 1 amide bonds. The van der Waals surface area contributed by atoms with Gasteiger partial charge >= 0.3 is 12.1 Å². The van der Waals surface area contributed by atoms with Crippen molar-refractivity contribution in [2.45, 2.75) is 57.8 Å². The van der Waals surface area contributed by atoms with Gasteiger partial charge in [-0.2, -0.15) is 0 Å². The highest BCUT2D eigenvalue weighted by atomic mass is 16.6. The minimum absolute atomic E-state index is 0.00127. The molecule has 0 spiro atoms. The second-order valence-corrected chi connectivity index (χ2v) is 7.25. The zero-order valence-corrected chi connectivity index (χ0v) is 14.5. The Morgan fingerprint density at radius 1 is 1.25 bits per heavy atom. The van der Waals surface area contributed by atoms with Gasteiger partial charge in [0.1, 0.15) is 5.60 Å². The maximum atomic E-state index is 11.8. The van der Waals surface area contributed by atoms with Gasteiger partial charge < -0.3 is 15.2 Å². The van der Waals surface area contributed by atoms with E-state index in [0.29, 0.717) is 6.54 Å². The lowest BCUT2D eigenvalue weighted by molar-refractivity contribution is -0.139. The molecule has 0 aromatic heterocycles. The summed E-state index contributed by atoms with van der Waals surface area (Å²) in [5, 5.41) is 12.0. The first-order valence-corrected chi connectivity index (χ1v) is 8.22. The van der Waals surface area contributed by atoms with Crippen LogP contribution in [0.15, 0.2) is 30.3 Å². The predicted octanol–water partition coefficient (Wildman–Crippen LogP) is 2.63. The van der Waals surface area contributed by atoms with Crippen molar-refractivity contribution >= 4 is 12.1 Å². The first-order chi connectivity index (χ1) is 11.2. The third kappa shape index (κ3) is 5.85. The fourth-order valence-corrected chi connectivity index (χ4v) is 2.78. The Kier molecular flexibility index (Phi) is 5.83. The molecule has 0 unspecified atom stereocenters. The minimum Gasteiger partial charge on any atom is -0.480 e. The molecular weight excluding hydrogens is 308 g/mol. The summed E-state index contributed by atoms with van der Waals surface area (Å²) < 4.78 is 5.24. The number of hydrogen-bond acceptors (Lipinski definition) is 4. The molecule has 1 aromatic carbocycles. The lowest BCUT2D eigenvalue weighted by atomic mass is 9.85. The summed E-state index contributed by atoms with van der Waals surface area (Å²) in [4.78, 5) is 24.8. The van der Waals surface area contributed by atoms with E-state index in [1.165, 1.54) is 0 Å². The molecule has 1 aromatic rings. The molecule has 2 rings (SSSR count). The molecule has 2 N–H and O–H groups in total. The zero-order chi connectivity index (χ0) is 17.7. The Hall–Kier alpha value is -2.08. The Labute approximate surface area is 142 Å². The van der Waals surface area contributed by atoms with Crippen LogP contribution < -0.4 is 5.32 Å². The number of alkyl carbamates (subject to hydrolysis) is 1. The van der Waals surface area contributed by atoms with Crippen molar-refractivity contribution in [3.8, 4) is 0 Å². The molecule has 24 heavy (non-hydrogen) atoms. The number of nitrogens with zero attached hydrogens (tertiary/aromatic N) is 1. The number of carboxylic acids is 1. The summed E-state index contributed by atoms with van der Waals surface area (Å²) in [5.74, 6) is -0.838. The molecule has 0 aliphatic heterocycles. The molecule has 0 atom stereocenters. The molecule has 1 aliphatic carbocycles. The Morgan fingerprint density at radius 2 is 1.88 bits per heavy atom. The van der Waals surface area contributed by atoms with Gasteiger partial charge in [0, 0.05) is 18.6 Å². The average molecular weight is 334 g/mol. The summed E-state index contributed by atoms with van der Waals surface area (Å²) in [6.07, 6.45) is 1.05. The van der Waals surface area contributed by atoms with Crippen molar-refractivity contribution in [2.75, 3.05) is 6.54 Å². The van der Waals surface area contributed by atoms with Gasteiger partial charge in [0.15, 0.2) is 0 Å². The van der Waals surface area contributed by atoms with Crippen LogP contribution in [0.25, 0.3) is 0 Å². The largest absolute Gasteiger partial charge is 0.480 e. The summed E-state index contributed by atoms with van der Waals surface area (Å²) in [6.45, 7) is 6.06. The number of benzene rings is 1. The highest BCUT2D eigenvalue weighted by Crippen LogP contribution is 2.27. The normalized spacial score (nSPS) is 20.3. The van der Waals surface area contributed by atoms with E-state index in [1.807, 2.05) is 56.0 Å². The van der Waals surface area contributed by atoms with E-state index in [9.17, 15) is 9.59 Å². The smallest absolute Gasteiger partial charge is 0.407 e. The van der Waals surface area contributed by atoms with Crippen molar-refractivity contribution in [1.29, 1.82) is 0 Å². The average Bonchev–Trinajstić information content (AvgIpc) is 2.40. The monoisotopic (exact) mass is 334 g/mol. The minimum atomic E-state index is -0.838. The molecule has 0 saturated heterocycles. The number of carbonyl (C=O) groups excluding carboxylic acids is 1. The van der Waals surface area contributed by atoms with Crippen LogP contribution in [-0.2, 0) is 16.1 Å². The van der Waals surface area contributed by atoms with E-state index in [0.717, 1.165) is 18.4 Å². The van der Waals surface area contributed by atoms with E-state index < -0.39 is 17.7 Å². The van der Waals surface area contributed by atoms with Crippen LogP contribution in [0.2, 0.25) is 0 Å². The van der Waals surface area contributed by atoms with Gasteiger partial charge in [-0.3, -0.25) is 9.69 Å². The first kappa shape index (κ1) is 18.3. The highest BCUT2D eigenvalue weighted by molar-refractivity contribution is 5.69. The van der Waals surface area contributed by atoms with Crippen molar-refractivity contribution in [1.82, 2.24) is 10.2 Å². The van der Waals surface area contributed by atoms with Crippen LogP contribution >= 0.6 is 0 Å². The molecular formula is C18H26N2O4. The maximum absolute atomic E-state index is 11.8. The Morgan fingerprint density at radius 3 is 2.42 bits per heavy atom. The number of hydrogen-bond donors (Lipinski definition) is 2. The van der Waals surface area contributed by atoms with Crippen molar-refractivity contribution in [2.24, 2.45) is 0 Å². The van der Waals surface area contributed by atoms with E-state index in [-0.39, 0.29) is 18.6 Å². The lowest BCUT2D eigenvalue weighted by Gasteiger charge is -2.42. The zero-order valence-electron chi connectivity index (χ0n) is 14.5. The van der Waals surface area contributed by atoms with E-state index >= 15 is 0 Å². The van der Waals surface area contributed by atoms with Gasteiger partial charge in [-0.1, -0.05) is 30.3 Å². The summed E-state index contributed by atoms with van der Waals surface area (Å²) in [6, 6.07) is 10.0. The highest BCUT2D eigenvalue weighted by Gasteiger charge is 2.36. The molecule has 0 bridgehead atoms. The second-order valence-electron chi connectivity index (χ2n) is 7.25. The van der Waals surface area contributed by atoms with Gasteiger partial charge in [-0.25, -0.2) is 4.79 Å². The first-order valence-electron chi connectivity index (χ1n) is 8.22. The third-order valence-corrected chi connectivity index (χ3v) is 3.92. The fraction of sp³-hybridized carbons (Fsp3) is 0.556. The van der Waals surface area contributed by atoms with Crippen LogP contribution in [0.4, 0.5) is 4.79 Å². The molecule has 1 fully saturated rings. The van der Waals surface area contributed by atoms with Gasteiger partial charge in [-0.15, -0.1) is 0 Å². The van der Waals surface area contributed by atoms with Crippen LogP contribution in [0.5, 0.6) is 0 Å². The number of amides is 1. The molecule has 6 nitrogen and oxygen atoms in total. The predicted molar refractivity (Wildman–Crippen MR) is 90.7 cm³/mol. The fourth-order valence-electron chi connectivity index (χ4n) is 2.78. The summed E-state index contributed by atoms with van der Waals surface area (Å²) in [7, 11) is 0. The maximum Gasteiger partial charge on any atom is 0.407 e. The Balaban J connectivity index is 1.85. The second kappa shape index (κ2) is 7.66. The number of aliphatic carboxylic acids is 1.